The van der Waals surface area contributed by atoms with Gasteiger partial charge in [-0.1, -0.05) is 13.0 Å². The molecule has 0 aromatic heterocycles. The van der Waals surface area contributed by atoms with Crippen LogP contribution in [-0.4, -0.2) is 29.9 Å². The fraction of sp³-hybridized carbons (Fsp3) is 0.833. The molecule has 5 atom stereocenters. The van der Waals surface area contributed by atoms with Crippen LogP contribution in [0.1, 0.15) is 52.4 Å². The van der Waals surface area contributed by atoms with Crippen molar-refractivity contribution in [3.63, 3.8) is 0 Å². The lowest BCUT2D eigenvalue weighted by Gasteiger charge is -2.52. The number of nitrogens with one attached hydrogen (secondary N) is 1. The summed E-state index contributed by atoms with van der Waals surface area (Å²) in [6, 6.07) is 0.416. The van der Waals surface area contributed by atoms with Gasteiger partial charge in [-0.2, -0.15) is 0 Å². The van der Waals surface area contributed by atoms with E-state index < -0.39 is 0 Å². The Hall–Kier alpha value is -0.990. The minimum atomic E-state index is 0.158. The molecular weight excluding hydrogens is 260 g/mol. The summed E-state index contributed by atoms with van der Waals surface area (Å²) < 4.78 is 0. The van der Waals surface area contributed by atoms with Gasteiger partial charge in [0.05, 0.1) is 0 Å². The fourth-order valence-corrected chi connectivity index (χ4v) is 6.20. The zero-order chi connectivity index (χ0) is 14.6. The minimum absolute atomic E-state index is 0.158. The molecule has 1 N–H and O–H groups in total. The van der Waals surface area contributed by atoms with Crippen molar-refractivity contribution in [2.75, 3.05) is 13.1 Å². The van der Waals surface area contributed by atoms with E-state index in [9.17, 15) is 4.79 Å². The van der Waals surface area contributed by atoms with Gasteiger partial charge in [-0.05, 0) is 56.3 Å². The molecule has 21 heavy (non-hydrogen) atoms. The summed E-state index contributed by atoms with van der Waals surface area (Å²) in [5.41, 5.74) is 2.07. The summed E-state index contributed by atoms with van der Waals surface area (Å²) in [6.07, 6.45) is 10.4. The number of piperidine rings is 1. The van der Waals surface area contributed by atoms with E-state index in [1.165, 1.54) is 51.6 Å². The molecular formula is C18H28N2O. The van der Waals surface area contributed by atoms with E-state index in [4.69, 9.17) is 0 Å². The van der Waals surface area contributed by atoms with Gasteiger partial charge < -0.3 is 10.2 Å². The summed E-state index contributed by atoms with van der Waals surface area (Å²) in [5, 5.41) is 3.31. The SMILES string of the molecule is CC(=O)NC1CC2CC(C)C=C3N4CCCC1C32CCC4. The van der Waals surface area contributed by atoms with Gasteiger partial charge in [0.25, 0.3) is 0 Å². The number of amides is 1. The van der Waals surface area contributed by atoms with E-state index >= 15 is 0 Å². The molecule has 1 spiro atoms. The summed E-state index contributed by atoms with van der Waals surface area (Å²) in [4.78, 5) is 14.3. The topological polar surface area (TPSA) is 32.3 Å². The maximum absolute atomic E-state index is 11.7. The molecule has 0 aromatic carbocycles. The van der Waals surface area contributed by atoms with E-state index in [0.717, 1.165) is 5.92 Å². The third kappa shape index (κ3) is 1.89. The van der Waals surface area contributed by atoms with Gasteiger partial charge >= 0.3 is 0 Å². The Labute approximate surface area is 128 Å². The second-order valence-corrected chi connectivity index (χ2v) is 7.88. The fourth-order valence-electron chi connectivity index (χ4n) is 6.20. The van der Waals surface area contributed by atoms with Crippen LogP contribution in [0.25, 0.3) is 0 Å². The first-order valence-electron chi connectivity index (χ1n) is 8.85. The standard InChI is InChI=1S/C18H28N2O/c1-12-9-14-11-16(19-13(2)21)15-5-3-7-20-8-4-6-18(14,15)17(20)10-12/h10,12,14-16H,3-9,11H2,1-2H3,(H,19,21). The number of nitrogens with zero attached hydrogens (tertiary/aromatic N) is 1. The Morgan fingerprint density at radius 3 is 2.95 bits per heavy atom. The molecule has 3 fully saturated rings. The van der Waals surface area contributed by atoms with Crippen LogP contribution in [0.4, 0.5) is 0 Å². The summed E-state index contributed by atoms with van der Waals surface area (Å²) in [6.45, 7) is 6.55. The highest BCUT2D eigenvalue weighted by atomic mass is 16.1. The average Bonchev–Trinajstić information content (AvgIpc) is 2.65. The lowest BCUT2D eigenvalue weighted by Crippen LogP contribution is -2.48. The predicted octanol–water partition coefficient (Wildman–Crippen LogP) is 2.93. The van der Waals surface area contributed by atoms with Crippen LogP contribution in [0, 0.1) is 23.2 Å². The third-order valence-electron chi connectivity index (χ3n) is 6.68. The van der Waals surface area contributed by atoms with Crippen molar-refractivity contribution < 1.29 is 4.79 Å². The Morgan fingerprint density at radius 1 is 1.33 bits per heavy atom. The first-order valence-corrected chi connectivity index (χ1v) is 8.85. The van der Waals surface area contributed by atoms with Crippen molar-refractivity contribution in [1.29, 1.82) is 0 Å². The van der Waals surface area contributed by atoms with Gasteiger partial charge in [0.2, 0.25) is 5.91 Å². The van der Waals surface area contributed by atoms with Crippen molar-refractivity contribution in [1.82, 2.24) is 10.2 Å². The number of hydrogen-bond acceptors (Lipinski definition) is 2. The van der Waals surface area contributed by atoms with Crippen LogP contribution < -0.4 is 5.32 Å². The van der Waals surface area contributed by atoms with Gasteiger partial charge in [-0.25, -0.2) is 0 Å². The maximum Gasteiger partial charge on any atom is 0.217 e. The van der Waals surface area contributed by atoms with Crippen molar-refractivity contribution >= 4 is 5.91 Å². The molecule has 116 valence electrons. The van der Waals surface area contributed by atoms with E-state index in [2.05, 4.69) is 23.2 Å². The molecule has 2 heterocycles. The Bertz CT molecular complexity index is 486. The van der Waals surface area contributed by atoms with Gasteiger partial charge in [-0.15, -0.1) is 0 Å². The van der Waals surface area contributed by atoms with Crippen molar-refractivity contribution in [3.8, 4) is 0 Å². The minimum Gasteiger partial charge on any atom is -0.375 e. The Kier molecular flexibility index (Phi) is 3.09. The smallest absolute Gasteiger partial charge is 0.217 e. The summed E-state index contributed by atoms with van der Waals surface area (Å²) >= 11 is 0. The molecule has 2 saturated heterocycles. The first-order chi connectivity index (χ1) is 10.1. The normalized spacial score (nSPS) is 44.7. The molecule has 0 aromatic rings. The second-order valence-electron chi connectivity index (χ2n) is 7.88. The molecule has 1 amide bonds. The second kappa shape index (κ2) is 4.76. The molecule has 4 rings (SSSR count). The summed E-state index contributed by atoms with van der Waals surface area (Å²) in [7, 11) is 0. The Balaban J connectivity index is 1.78. The monoisotopic (exact) mass is 288 g/mol. The molecule has 2 aliphatic heterocycles. The van der Waals surface area contributed by atoms with E-state index in [1.54, 1.807) is 12.6 Å². The predicted molar refractivity (Wildman–Crippen MR) is 83.5 cm³/mol. The van der Waals surface area contributed by atoms with Crippen molar-refractivity contribution in [2.45, 2.75) is 58.4 Å². The van der Waals surface area contributed by atoms with E-state index in [1.807, 2.05) is 0 Å². The number of allylic oxidation sites excluding steroid dienone is 2. The van der Waals surface area contributed by atoms with Crippen molar-refractivity contribution in [2.24, 2.45) is 23.2 Å². The van der Waals surface area contributed by atoms with Gasteiger partial charge in [0.15, 0.2) is 0 Å². The number of hydrogen-bond donors (Lipinski definition) is 1. The molecule has 5 unspecified atom stereocenters. The Morgan fingerprint density at radius 2 is 2.14 bits per heavy atom. The van der Waals surface area contributed by atoms with E-state index in [-0.39, 0.29) is 5.91 Å². The number of carbonyl (C=O) groups is 1. The lowest BCUT2D eigenvalue weighted by molar-refractivity contribution is -0.120. The quantitative estimate of drug-likeness (QED) is 0.804. The van der Waals surface area contributed by atoms with Crippen molar-refractivity contribution in [3.05, 3.63) is 11.8 Å². The lowest BCUT2D eigenvalue weighted by atomic mass is 9.59. The van der Waals surface area contributed by atoms with Gasteiger partial charge in [0.1, 0.15) is 0 Å². The molecule has 3 heteroatoms. The molecule has 2 aliphatic carbocycles. The highest BCUT2D eigenvalue weighted by Gasteiger charge is 2.60. The number of rotatable bonds is 1. The average molecular weight is 288 g/mol. The van der Waals surface area contributed by atoms with E-state index in [0.29, 0.717) is 23.3 Å². The third-order valence-corrected chi connectivity index (χ3v) is 6.68. The van der Waals surface area contributed by atoms with Gasteiger partial charge in [-0.3, -0.25) is 4.79 Å². The van der Waals surface area contributed by atoms with Crippen LogP contribution in [-0.2, 0) is 4.79 Å². The first kappa shape index (κ1) is 13.7. The van der Waals surface area contributed by atoms with Crippen LogP contribution in [0.2, 0.25) is 0 Å². The molecule has 4 aliphatic rings. The van der Waals surface area contributed by atoms with Crippen LogP contribution in [0.15, 0.2) is 11.8 Å². The summed E-state index contributed by atoms with van der Waals surface area (Å²) in [5.74, 6) is 2.32. The zero-order valence-electron chi connectivity index (χ0n) is 13.4. The largest absolute Gasteiger partial charge is 0.375 e. The van der Waals surface area contributed by atoms with Gasteiger partial charge in [0, 0.05) is 37.2 Å². The molecule has 2 bridgehead atoms. The molecule has 3 nitrogen and oxygen atoms in total. The van der Waals surface area contributed by atoms with Crippen LogP contribution in [0.5, 0.6) is 0 Å². The number of carbonyl (C=O) groups excluding carboxylic acids is 1. The molecule has 0 radical (unpaired) electrons. The maximum atomic E-state index is 11.7. The van der Waals surface area contributed by atoms with Crippen LogP contribution in [0.3, 0.4) is 0 Å². The highest BCUT2D eigenvalue weighted by molar-refractivity contribution is 5.73. The van der Waals surface area contributed by atoms with Crippen LogP contribution >= 0.6 is 0 Å². The molecule has 1 saturated carbocycles. The zero-order valence-corrected chi connectivity index (χ0v) is 13.4. The highest BCUT2D eigenvalue weighted by Crippen LogP contribution is 2.64.